The molecule has 1 aliphatic rings. The van der Waals surface area contributed by atoms with E-state index < -0.39 is 11.7 Å². The molecule has 0 fully saturated rings. The molecule has 0 bridgehead atoms. The zero-order valence-corrected chi connectivity index (χ0v) is 9.96. The highest BCUT2D eigenvalue weighted by molar-refractivity contribution is 5.73. The molecular weight excluding hydrogens is 253 g/mol. The van der Waals surface area contributed by atoms with Gasteiger partial charge < -0.3 is 5.32 Å². The lowest BCUT2D eigenvalue weighted by atomic mass is 9.99. The Morgan fingerprint density at radius 3 is 2.47 bits per heavy atom. The number of nitrogens with one attached hydrogen (secondary N) is 1. The Bertz CT molecular complexity index is 603. The largest absolute Gasteiger partial charge is 0.416 e. The number of halogens is 3. The number of nitrogens with zero attached hydrogens (tertiary/aromatic N) is 1. The summed E-state index contributed by atoms with van der Waals surface area (Å²) in [6.07, 6.45) is -1.77. The molecular formula is C14H11F3N2. The van der Waals surface area contributed by atoms with Gasteiger partial charge in [0.2, 0.25) is 0 Å². The van der Waals surface area contributed by atoms with Gasteiger partial charge in [0.05, 0.1) is 5.56 Å². The molecule has 0 spiro atoms. The van der Waals surface area contributed by atoms with Crippen molar-refractivity contribution in [2.45, 2.75) is 12.6 Å². The van der Waals surface area contributed by atoms with Crippen LogP contribution in [-0.2, 0) is 12.6 Å². The standard InChI is InChI=1S/C14H11F3N2/c15-14(16,17)10-3-1-9(2-4-10)11-5-7-18-13-12(11)6-8-19-13/h1-5,7H,6,8H2,(H,18,19). The summed E-state index contributed by atoms with van der Waals surface area (Å²) in [5.74, 6) is 0.831. The summed E-state index contributed by atoms with van der Waals surface area (Å²) >= 11 is 0. The Morgan fingerprint density at radius 2 is 1.79 bits per heavy atom. The van der Waals surface area contributed by atoms with Gasteiger partial charge in [-0.2, -0.15) is 13.2 Å². The highest BCUT2D eigenvalue weighted by Gasteiger charge is 2.30. The number of anilines is 1. The number of hydrogen-bond acceptors (Lipinski definition) is 2. The molecule has 0 saturated heterocycles. The summed E-state index contributed by atoms with van der Waals surface area (Å²) in [5.41, 5.74) is 2.18. The van der Waals surface area contributed by atoms with Crippen molar-refractivity contribution in [2.24, 2.45) is 0 Å². The molecule has 0 amide bonds. The minimum Gasteiger partial charge on any atom is -0.369 e. The molecule has 5 heteroatoms. The second kappa shape index (κ2) is 4.26. The van der Waals surface area contributed by atoms with E-state index in [9.17, 15) is 13.2 Å². The lowest BCUT2D eigenvalue weighted by molar-refractivity contribution is -0.137. The summed E-state index contributed by atoms with van der Waals surface area (Å²) in [4.78, 5) is 4.21. The molecule has 2 nitrogen and oxygen atoms in total. The van der Waals surface area contributed by atoms with Crippen LogP contribution >= 0.6 is 0 Å². The predicted octanol–water partition coefficient (Wildman–Crippen LogP) is 3.74. The Kier molecular flexibility index (Phi) is 2.69. The van der Waals surface area contributed by atoms with E-state index in [1.807, 2.05) is 6.07 Å². The number of aromatic nitrogens is 1. The molecule has 2 heterocycles. The Labute approximate surface area is 108 Å². The van der Waals surface area contributed by atoms with Crippen LogP contribution in [0.25, 0.3) is 11.1 Å². The van der Waals surface area contributed by atoms with Crippen molar-refractivity contribution < 1.29 is 13.2 Å². The van der Waals surface area contributed by atoms with Crippen LogP contribution in [0, 0.1) is 0 Å². The lowest BCUT2D eigenvalue weighted by Gasteiger charge is -2.10. The monoisotopic (exact) mass is 264 g/mol. The van der Waals surface area contributed by atoms with Crippen LogP contribution in [-0.4, -0.2) is 11.5 Å². The molecule has 19 heavy (non-hydrogen) atoms. The molecule has 1 aliphatic heterocycles. The predicted molar refractivity (Wildman–Crippen MR) is 66.9 cm³/mol. The third-order valence-electron chi connectivity index (χ3n) is 3.25. The molecule has 0 radical (unpaired) electrons. The van der Waals surface area contributed by atoms with Gasteiger partial charge in [-0.05, 0) is 35.7 Å². The first-order valence-corrected chi connectivity index (χ1v) is 5.95. The molecule has 2 aromatic rings. The van der Waals surface area contributed by atoms with Gasteiger partial charge in [-0.3, -0.25) is 0 Å². The Morgan fingerprint density at radius 1 is 1.05 bits per heavy atom. The number of pyridine rings is 1. The second-order valence-corrected chi connectivity index (χ2v) is 4.44. The Balaban J connectivity index is 2.02. The average molecular weight is 264 g/mol. The maximum Gasteiger partial charge on any atom is 0.416 e. The van der Waals surface area contributed by atoms with Gasteiger partial charge >= 0.3 is 6.18 Å². The quantitative estimate of drug-likeness (QED) is 0.848. The van der Waals surface area contributed by atoms with E-state index in [1.165, 1.54) is 12.1 Å². The van der Waals surface area contributed by atoms with Gasteiger partial charge in [-0.25, -0.2) is 4.98 Å². The third kappa shape index (κ3) is 2.16. The van der Waals surface area contributed by atoms with Gasteiger partial charge in [-0.1, -0.05) is 12.1 Å². The number of alkyl halides is 3. The normalized spacial score (nSPS) is 14.1. The number of rotatable bonds is 1. The molecule has 3 rings (SSSR count). The van der Waals surface area contributed by atoms with Crippen LogP contribution in [0.5, 0.6) is 0 Å². The minimum absolute atomic E-state index is 0.625. The van der Waals surface area contributed by atoms with Crippen LogP contribution in [0.15, 0.2) is 36.5 Å². The first-order chi connectivity index (χ1) is 9.05. The van der Waals surface area contributed by atoms with Crippen molar-refractivity contribution >= 4 is 5.82 Å². The molecule has 0 saturated carbocycles. The van der Waals surface area contributed by atoms with Crippen LogP contribution in [0.2, 0.25) is 0 Å². The lowest BCUT2D eigenvalue weighted by Crippen LogP contribution is -2.04. The number of fused-ring (bicyclic) bond motifs is 1. The van der Waals surface area contributed by atoms with Gasteiger partial charge in [0.25, 0.3) is 0 Å². The zero-order chi connectivity index (χ0) is 13.5. The molecule has 1 aromatic carbocycles. The molecule has 0 atom stereocenters. The molecule has 0 aliphatic carbocycles. The SMILES string of the molecule is FC(F)(F)c1ccc(-c2ccnc3c2CCN3)cc1. The first kappa shape index (κ1) is 12.0. The summed E-state index contributed by atoms with van der Waals surface area (Å²) < 4.78 is 37.6. The molecule has 0 unspecified atom stereocenters. The zero-order valence-electron chi connectivity index (χ0n) is 9.96. The van der Waals surface area contributed by atoms with Crippen molar-refractivity contribution in [3.05, 3.63) is 47.7 Å². The second-order valence-electron chi connectivity index (χ2n) is 4.44. The minimum atomic E-state index is -4.29. The smallest absolute Gasteiger partial charge is 0.369 e. The summed E-state index contributed by atoms with van der Waals surface area (Å²) in [6, 6.07) is 7.09. The highest BCUT2D eigenvalue weighted by Crippen LogP contribution is 2.34. The molecule has 1 aromatic heterocycles. The number of benzene rings is 1. The number of hydrogen-bond donors (Lipinski definition) is 1. The van der Waals surface area contributed by atoms with Gasteiger partial charge in [-0.15, -0.1) is 0 Å². The molecule has 98 valence electrons. The fourth-order valence-electron chi connectivity index (χ4n) is 2.31. The Hall–Kier alpha value is -2.04. The summed E-state index contributed by atoms with van der Waals surface area (Å²) in [5, 5.41) is 3.15. The van der Waals surface area contributed by atoms with E-state index in [-0.39, 0.29) is 0 Å². The highest BCUT2D eigenvalue weighted by atomic mass is 19.4. The van der Waals surface area contributed by atoms with Crippen molar-refractivity contribution in [3.63, 3.8) is 0 Å². The van der Waals surface area contributed by atoms with Crippen molar-refractivity contribution in [1.82, 2.24) is 4.98 Å². The van der Waals surface area contributed by atoms with Gasteiger partial charge in [0, 0.05) is 18.3 Å². The van der Waals surface area contributed by atoms with Crippen LogP contribution in [0.1, 0.15) is 11.1 Å². The van der Waals surface area contributed by atoms with Crippen LogP contribution < -0.4 is 5.32 Å². The molecule has 1 N–H and O–H groups in total. The third-order valence-corrected chi connectivity index (χ3v) is 3.25. The van der Waals surface area contributed by atoms with Crippen LogP contribution in [0.4, 0.5) is 19.0 Å². The van der Waals surface area contributed by atoms with Gasteiger partial charge in [0.15, 0.2) is 0 Å². The van der Waals surface area contributed by atoms with E-state index in [4.69, 9.17) is 0 Å². The van der Waals surface area contributed by atoms with E-state index in [0.717, 1.165) is 47.6 Å². The summed E-state index contributed by atoms with van der Waals surface area (Å²) in [7, 11) is 0. The summed E-state index contributed by atoms with van der Waals surface area (Å²) in [6.45, 7) is 0.819. The van der Waals surface area contributed by atoms with Crippen molar-refractivity contribution in [2.75, 3.05) is 11.9 Å². The topological polar surface area (TPSA) is 24.9 Å². The van der Waals surface area contributed by atoms with E-state index in [2.05, 4.69) is 10.3 Å². The van der Waals surface area contributed by atoms with Crippen molar-refractivity contribution in [3.8, 4) is 11.1 Å². The average Bonchev–Trinajstić information content (AvgIpc) is 2.86. The first-order valence-electron chi connectivity index (χ1n) is 5.95. The maximum absolute atomic E-state index is 12.5. The maximum atomic E-state index is 12.5. The van der Waals surface area contributed by atoms with E-state index in [0.29, 0.717) is 0 Å². The van der Waals surface area contributed by atoms with E-state index in [1.54, 1.807) is 6.20 Å². The fourth-order valence-corrected chi connectivity index (χ4v) is 2.31. The van der Waals surface area contributed by atoms with Crippen molar-refractivity contribution in [1.29, 1.82) is 0 Å². The van der Waals surface area contributed by atoms with Gasteiger partial charge in [0.1, 0.15) is 5.82 Å². The van der Waals surface area contributed by atoms with E-state index >= 15 is 0 Å². The fraction of sp³-hybridized carbons (Fsp3) is 0.214. The van der Waals surface area contributed by atoms with Crippen LogP contribution in [0.3, 0.4) is 0 Å².